The van der Waals surface area contributed by atoms with Gasteiger partial charge in [0.05, 0.1) is 12.2 Å². The van der Waals surface area contributed by atoms with Gasteiger partial charge < -0.3 is 19.3 Å². The van der Waals surface area contributed by atoms with Crippen LogP contribution in [0.1, 0.15) is 181 Å². The molecule has 1 rings (SSSR count). The predicted molar refractivity (Wildman–Crippen MR) is 182 cm³/mol. The summed E-state index contributed by atoms with van der Waals surface area (Å²) in [4.78, 5) is 23.9. The van der Waals surface area contributed by atoms with Crippen LogP contribution in [-0.4, -0.2) is 48.6 Å². The molecule has 0 radical (unpaired) electrons. The summed E-state index contributed by atoms with van der Waals surface area (Å²) in [6.07, 6.45) is 32.9. The molecule has 1 heterocycles. The molecule has 0 saturated carbocycles. The van der Waals surface area contributed by atoms with Gasteiger partial charge in [0.1, 0.15) is 19.3 Å². The maximum atomic E-state index is 11.9. The summed E-state index contributed by atoms with van der Waals surface area (Å²) in [5.74, 6) is 0.252. The summed E-state index contributed by atoms with van der Waals surface area (Å²) in [5.41, 5.74) is 0. The van der Waals surface area contributed by atoms with E-state index in [4.69, 9.17) is 14.2 Å². The first-order valence-electron chi connectivity index (χ1n) is 18.7. The molecule has 0 aromatic carbocycles. The molecule has 0 amide bonds. The standard InChI is InChI=1S/C38H70O6/c1-4-5-21-27-35-36(44-35)28-23-18-14-11-12-16-20-25-30-38(41)43-32-34(39)31-42-37(40)29-24-19-15-10-8-6-7-9-13-17-22-26-33(2)3/h18,23,33-36,39H,4-17,19-22,24-32H2,1-3H3/b23-18-/t34-,35?,36?/m1/s1. The average Bonchev–Trinajstić information content (AvgIpc) is 3.76. The fourth-order valence-electron chi connectivity index (χ4n) is 5.63. The van der Waals surface area contributed by atoms with E-state index in [0.717, 1.165) is 57.3 Å². The minimum absolute atomic E-state index is 0.120. The molecule has 0 aromatic rings. The highest BCUT2D eigenvalue weighted by Gasteiger charge is 2.36. The van der Waals surface area contributed by atoms with Gasteiger partial charge in [0.25, 0.3) is 0 Å². The predicted octanol–water partition coefficient (Wildman–Crippen LogP) is 10.2. The van der Waals surface area contributed by atoms with Crippen LogP contribution in [-0.2, 0) is 23.8 Å². The van der Waals surface area contributed by atoms with Crippen LogP contribution >= 0.6 is 0 Å². The first kappa shape index (κ1) is 40.6. The molecule has 0 spiro atoms. The number of unbranched alkanes of at least 4 members (excludes halogenated alkanes) is 17. The van der Waals surface area contributed by atoms with E-state index < -0.39 is 6.10 Å². The summed E-state index contributed by atoms with van der Waals surface area (Å²) < 4.78 is 16.0. The number of aliphatic hydroxyl groups is 1. The number of carbonyl (C=O) groups excluding carboxylic acids is 2. The van der Waals surface area contributed by atoms with E-state index in [9.17, 15) is 14.7 Å². The van der Waals surface area contributed by atoms with Crippen molar-refractivity contribution in [3.05, 3.63) is 12.2 Å². The molecule has 2 unspecified atom stereocenters. The molecule has 1 aliphatic rings. The van der Waals surface area contributed by atoms with Crippen LogP contribution < -0.4 is 0 Å². The van der Waals surface area contributed by atoms with Gasteiger partial charge in [0.2, 0.25) is 0 Å². The van der Waals surface area contributed by atoms with Gasteiger partial charge in [-0.1, -0.05) is 142 Å². The van der Waals surface area contributed by atoms with Gasteiger partial charge in [0.15, 0.2) is 0 Å². The monoisotopic (exact) mass is 623 g/mol. The molecule has 6 heteroatoms. The second-order valence-electron chi connectivity index (χ2n) is 13.6. The van der Waals surface area contributed by atoms with Crippen molar-refractivity contribution in [2.45, 2.75) is 200 Å². The molecule has 258 valence electrons. The van der Waals surface area contributed by atoms with Crippen LogP contribution in [0.4, 0.5) is 0 Å². The Morgan fingerprint density at radius 2 is 1.16 bits per heavy atom. The zero-order valence-corrected chi connectivity index (χ0v) is 29.0. The van der Waals surface area contributed by atoms with Gasteiger partial charge in [-0.3, -0.25) is 9.59 Å². The van der Waals surface area contributed by atoms with Crippen LogP contribution in [0, 0.1) is 5.92 Å². The van der Waals surface area contributed by atoms with Gasteiger partial charge in [-0.05, 0) is 44.4 Å². The van der Waals surface area contributed by atoms with Crippen LogP contribution in [0.15, 0.2) is 12.2 Å². The lowest BCUT2D eigenvalue weighted by atomic mass is 10.0. The number of aliphatic hydroxyl groups excluding tert-OH is 1. The van der Waals surface area contributed by atoms with Gasteiger partial charge in [-0.2, -0.15) is 0 Å². The Bertz CT molecular complexity index is 705. The van der Waals surface area contributed by atoms with Crippen molar-refractivity contribution in [2.75, 3.05) is 13.2 Å². The number of esters is 2. The van der Waals surface area contributed by atoms with Crippen molar-refractivity contribution in [1.29, 1.82) is 0 Å². The number of rotatable bonds is 32. The lowest BCUT2D eigenvalue weighted by Gasteiger charge is -2.12. The number of allylic oxidation sites excluding steroid dienone is 1. The summed E-state index contributed by atoms with van der Waals surface area (Å²) in [7, 11) is 0. The van der Waals surface area contributed by atoms with Crippen molar-refractivity contribution < 1.29 is 28.9 Å². The third-order valence-electron chi connectivity index (χ3n) is 8.60. The average molecular weight is 623 g/mol. The summed E-state index contributed by atoms with van der Waals surface area (Å²) in [6.45, 7) is 6.59. The minimum Gasteiger partial charge on any atom is -0.463 e. The Morgan fingerprint density at radius 1 is 0.659 bits per heavy atom. The normalized spacial score (nSPS) is 16.9. The van der Waals surface area contributed by atoms with Crippen LogP contribution in [0.25, 0.3) is 0 Å². The molecular formula is C38H70O6. The quantitative estimate of drug-likeness (QED) is 0.0348. The van der Waals surface area contributed by atoms with Crippen molar-refractivity contribution >= 4 is 11.9 Å². The van der Waals surface area contributed by atoms with Crippen molar-refractivity contribution in [1.82, 2.24) is 0 Å². The van der Waals surface area contributed by atoms with Crippen molar-refractivity contribution in [3.8, 4) is 0 Å². The van der Waals surface area contributed by atoms with Crippen LogP contribution in [0.3, 0.4) is 0 Å². The van der Waals surface area contributed by atoms with E-state index in [2.05, 4.69) is 32.9 Å². The summed E-state index contributed by atoms with van der Waals surface area (Å²) in [6, 6.07) is 0. The van der Waals surface area contributed by atoms with Gasteiger partial charge in [-0.25, -0.2) is 0 Å². The number of carbonyl (C=O) groups is 2. The van der Waals surface area contributed by atoms with Crippen molar-refractivity contribution in [2.24, 2.45) is 5.92 Å². The van der Waals surface area contributed by atoms with E-state index in [1.807, 2.05) is 0 Å². The molecule has 44 heavy (non-hydrogen) atoms. The van der Waals surface area contributed by atoms with E-state index in [0.29, 0.717) is 25.0 Å². The Kier molecular flexibility index (Phi) is 26.8. The van der Waals surface area contributed by atoms with Crippen LogP contribution in [0.5, 0.6) is 0 Å². The Hall–Kier alpha value is -1.40. The Labute approximate surface area is 271 Å². The molecule has 1 saturated heterocycles. The summed E-state index contributed by atoms with van der Waals surface area (Å²) in [5, 5.41) is 10.00. The van der Waals surface area contributed by atoms with Crippen LogP contribution in [0.2, 0.25) is 0 Å². The molecular weight excluding hydrogens is 552 g/mol. The fraction of sp³-hybridized carbons (Fsp3) is 0.895. The van der Waals surface area contributed by atoms with Gasteiger partial charge in [0, 0.05) is 12.8 Å². The van der Waals surface area contributed by atoms with E-state index >= 15 is 0 Å². The lowest BCUT2D eigenvalue weighted by Crippen LogP contribution is -2.25. The zero-order valence-electron chi connectivity index (χ0n) is 29.0. The third-order valence-corrected chi connectivity index (χ3v) is 8.60. The highest BCUT2D eigenvalue weighted by molar-refractivity contribution is 5.69. The Balaban J connectivity index is 1.81. The topological polar surface area (TPSA) is 85.4 Å². The molecule has 0 aromatic heterocycles. The largest absolute Gasteiger partial charge is 0.463 e. The lowest BCUT2D eigenvalue weighted by molar-refractivity contribution is -0.152. The molecule has 0 aliphatic carbocycles. The molecule has 1 fully saturated rings. The maximum absolute atomic E-state index is 11.9. The highest BCUT2D eigenvalue weighted by Crippen LogP contribution is 2.30. The molecule has 1 aliphatic heterocycles. The van der Waals surface area contributed by atoms with Gasteiger partial charge in [-0.15, -0.1) is 0 Å². The summed E-state index contributed by atoms with van der Waals surface area (Å²) >= 11 is 0. The maximum Gasteiger partial charge on any atom is 0.305 e. The molecule has 3 atom stereocenters. The number of hydrogen-bond acceptors (Lipinski definition) is 6. The smallest absolute Gasteiger partial charge is 0.305 e. The van der Waals surface area contributed by atoms with Gasteiger partial charge >= 0.3 is 11.9 Å². The Morgan fingerprint density at radius 3 is 1.68 bits per heavy atom. The SMILES string of the molecule is CCCCCC1OC1C/C=C\CCCCCCCC(=O)OC[C@H](O)COC(=O)CCCCCCCCCCCCCC(C)C. The highest BCUT2D eigenvalue weighted by atomic mass is 16.6. The molecule has 1 N–H and O–H groups in total. The second-order valence-corrected chi connectivity index (χ2v) is 13.6. The molecule has 6 nitrogen and oxygen atoms in total. The minimum atomic E-state index is -0.968. The number of ether oxygens (including phenoxy) is 3. The second kappa shape index (κ2) is 29.0. The molecule has 0 bridgehead atoms. The third kappa shape index (κ3) is 27.0. The van der Waals surface area contributed by atoms with E-state index in [-0.39, 0.29) is 25.2 Å². The zero-order chi connectivity index (χ0) is 32.1. The first-order valence-corrected chi connectivity index (χ1v) is 18.7. The fourth-order valence-corrected chi connectivity index (χ4v) is 5.63. The number of hydrogen-bond donors (Lipinski definition) is 1. The number of epoxide rings is 1. The van der Waals surface area contributed by atoms with Crippen molar-refractivity contribution in [3.63, 3.8) is 0 Å². The van der Waals surface area contributed by atoms with E-state index in [1.165, 1.54) is 96.3 Å². The first-order chi connectivity index (χ1) is 21.4. The van der Waals surface area contributed by atoms with E-state index in [1.54, 1.807) is 0 Å².